The molecule has 1 heterocycles. The van der Waals surface area contributed by atoms with Crippen LogP contribution in [0.15, 0.2) is 6.07 Å². The summed E-state index contributed by atoms with van der Waals surface area (Å²) in [6.07, 6.45) is -6.19. The smallest absolute Gasteiger partial charge is 0.396 e. The summed E-state index contributed by atoms with van der Waals surface area (Å²) in [5.74, 6) is -2.47. The zero-order valence-corrected chi connectivity index (χ0v) is 8.18. The second kappa shape index (κ2) is 3.99. The first-order valence-corrected chi connectivity index (χ1v) is 4.23. The van der Waals surface area contributed by atoms with Gasteiger partial charge in [-0.05, 0) is 13.0 Å². The Hall–Kier alpha value is -1.79. The fourth-order valence-corrected chi connectivity index (χ4v) is 1.24. The van der Waals surface area contributed by atoms with E-state index in [4.69, 9.17) is 5.11 Å². The minimum atomic E-state index is -4.59. The van der Waals surface area contributed by atoms with Crippen LogP contribution in [0.5, 0.6) is 0 Å². The second-order valence-electron chi connectivity index (χ2n) is 3.24. The fraction of sp³-hybridized carbons (Fsp3) is 0.333. The van der Waals surface area contributed by atoms with Crippen LogP contribution in [0.1, 0.15) is 33.0 Å². The van der Waals surface area contributed by atoms with Gasteiger partial charge in [-0.25, -0.2) is 4.79 Å². The summed E-state index contributed by atoms with van der Waals surface area (Å²) >= 11 is 0. The monoisotopic (exact) mass is 235 g/mol. The number of nitrogens with one attached hydrogen (secondary N) is 1. The molecular weight excluding hydrogens is 227 g/mol. The number of H-pyrrole nitrogens is 1. The lowest BCUT2D eigenvalue weighted by atomic mass is 10.1. The van der Waals surface area contributed by atoms with E-state index in [1.165, 1.54) is 6.92 Å². The quantitative estimate of drug-likeness (QED) is 0.788. The van der Waals surface area contributed by atoms with Gasteiger partial charge in [0.25, 0.3) is 0 Å². The maximum Gasteiger partial charge on any atom is 0.396 e. The lowest BCUT2D eigenvalue weighted by Crippen LogP contribution is -2.15. The summed E-state index contributed by atoms with van der Waals surface area (Å²) < 4.78 is 35.8. The van der Waals surface area contributed by atoms with Crippen LogP contribution in [0.4, 0.5) is 13.2 Å². The Bertz CT molecular complexity index is 434. The third-order valence-corrected chi connectivity index (χ3v) is 1.91. The van der Waals surface area contributed by atoms with Gasteiger partial charge in [-0.15, -0.1) is 0 Å². The number of aromatic amines is 1. The minimum Gasteiger partial charge on any atom is -0.477 e. The van der Waals surface area contributed by atoms with Gasteiger partial charge < -0.3 is 10.1 Å². The zero-order valence-electron chi connectivity index (χ0n) is 8.18. The van der Waals surface area contributed by atoms with Gasteiger partial charge in [0.15, 0.2) is 5.78 Å². The van der Waals surface area contributed by atoms with E-state index in [1.807, 2.05) is 0 Å². The number of alkyl halides is 3. The summed E-state index contributed by atoms with van der Waals surface area (Å²) in [6.45, 7) is 1.34. The number of aromatic nitrogens is 1. The van der Waals surface area contributed by atoms with Crippen molar-refractivity contribution in [3.63, 3.8) is 0 Å². The van der Waals surface area contributed by atoms with Crippen molar-refractivity contribution in [2.24, 2.45) is 0 Å². The maximum absolute atomic E-state index is 11.9. The summed E-state index contributed by atoms with van der Waals surface area (Å²) in [6, 6.07) is 0.908. The first-order chi connectivity index (χ1) is 7.20. The summed E-state index contributed by atoms with van der Waals surface area (Å²) in [4.78, 5) is 24.0. The number of hydrogen-bond acceptors (Lipinski definition) is 2. The average molecular weight is 235 g/mol. The molecule has 1 rings (SSSR count). The first-order valence-electron chi connectivity index (χ1n) is 4.23. The Balaban J connectivity index is 2.96. The van der Waals surface area contributed by atoms with Crippen LogP contribution in [-0.4, -0.2) is 28.0 Å². The number of hydrogen-bond donors (Lipinski definition) is 2. The number of carboxylic acids is 1. The molecule has 88 valence electrons. The molecule has 0 fully saturated rings. The van der Waals surface area contributed by atoms with Crippen molar-refractivity contribution in [2.45, 2.75) is 19.5 Å². The van der Waals surface area contributed by atoms with E-state index >= 15 is 0 Å². The number of ketones is 1. The molecule has 0 spiro atoms. The van der Waals surface area contributed by atoms with Crippen LogP contribution in [-0.2, 0) is 0 Å². The number of rotatable bonds is 3. The van der Waals surface area contributed by atoms with Crippen LogP contribution in [0.2, 0.25) is 0 Å². The Morgan fingerprint density at radius 1 is 1.44 bits per heavy atom. The van der Waals surface area contributed by atoms with Crippen molar-refractivity contribution in [1.29, 1.82) is 0 Å². The Morgan fingerprint density at radius 2 is 2.00 bits per heavy atom. The molecule has 0 amide bonds. The molecule has 4 nitrogen and oxygen atoms in total. The molecule has 0 saturated heterocycles. The van der Waals surface area contributed by atoms with Gasteiger partial charge in [-0.1, -0.05) is 0 Å². The highest BCUT2D eigenvalue weighted by Gasteiger charge is 2.32. The molecule has 1 aromatic rings. The summed E-state index contributed by atoms with van der Waals surface area (Å²) in [5, 5.41) is 8.57. The van der Waals surface area contributed by atoms with Crippen LogP contribution in [0.3, 0.4) is 0 Å². The third-order valence-electron chi connectivity index (χ3n) is 1.91. The number of halogens is 3. The average Bonchev–Trinajstić information content (AvgIpc) is 2.44. The lowest BCUT2D eigenvalue weighted by Gasteiger charge is -2.04. The molecular formula is C9H8F3NO3. The molecule has 0 aromatic carbocycles. The molecule has 0 aliphatic carbocycles. The third kappa shape index (κ3) is 2.85. The van der Waals surface area contributed by atoms with Gasteiger partial charge >= 0.3 is 12.1 Å². The summed E-state index contributed by atoms with van der Waals surface area (Å²) in [7, 11) is 0. The number of carboxylic acid groups (broad SMARTS) is 1. The molecule has 2 N–H and O–H groups in total. The van der Waals surface area contributed by atoms with Crippen molar-refractivity contribution in [2.75, 3.05) is 0 Å². The van der Waals surface area contributed by atoms with Gasteiger partial charge in [0, 0.05) is 11.3 Å². The minimum absolute atomic E-state index is 0.117. The Morgan fingerprint density at radius 3 is 2.38 bits per heavy atom. The highest BCUT2D eigenvalue weighted by atomic mass is 19.4. The standard InChI is InChI=1S/C9H8F3NO3/c1-4-5(2-6(13-4)8(15)16)7(14)3-9(10,11)12/h2,13H,3H2,1H3,(H,15,16). The molecule has 0 radical (unpaired) electrons. The molecule has 16 heavy (non-hydrogen) atoms. The van der Waals surface area contributed by atoms with Crippen LogP contribution in [0, 0.1) is 6.92 Å². The van der Waals surface area contributed by atoms with E-state index in [0.717, 1.165) is 6.07 Å². The first kappa shape index (κ1) is 12.3. The Kier molecular flexibility index (Phi) is 3.06. The van der Waals surface area contributed by atoms with E-state index < -0.39 is 24.3 Å². The molecule has 0 bridgehead atoms. The van der Waals surface area contributed by atoms with E-state index in [1.54, 1.807) is 0 Å². The SMILES string of the molecule is Cc1[nH]c(C(=O)O)cc1C(=O)CC(F)(F)F. The predicted octanol–water partition coefficient (Wildman–Crippen LogP) is 2.16. The molecule has 0 unspecified atom stereocenters. The highest BCUT2D eigenvalue weighted by molar-refractivity contribution is 6.00. The van der Waals surface area contributed by atoms with Crippen molar-refractivity contribution < 1.29 is 27.9 Å². The van der Waals surface area contributed by atoms with E-state index in [0.29, 0.717) is 0 Å². The van der Waals surface area contributed by atoms with Crippen molar-refractivity contribution in [1.82, 2.24) is 4.98 Å². The van der Waals surface area contributed by atoms with Gasteiger partial charge in [0.05, 0.1) is 0 Å². The predicted molar refractivity (Wildman–Crippen MR) is 47.5 cm³/mol. The number of aromatic carboxylic acids is 1. The largest absolute Gasteiger partial charge is 0.477 e. The van der Waals surface area contributed by atoms with E-state index in [-0.39, 0.29) is 17.0 Å². The van der Waals surface area contributed by atoms with Gasteiger partial charge in [0.2, 0.25) is 0 Å². The number of carbonyl (C=O) groups excluding carboxylic acids is 1. The molecule has 1 aromatic heterocycles. The molecule has 7 heteroatoms. The van der Waals surface area contributed by atoms with Crippen molar-refractivity contribution in [3.8, 4) is 0 Å². The molecule has 0 atom stereocenters. The topological polar surface area (TPSA) is 70.2 Å². The van der Waals surface area contributed by atoms with Gasteiger partial charge in [0.1, 0.15) is 12.1 Å². The van der Waals surface area contributed by atoms with Crippen LogP contribution >= 0.6 is 0 Å². The van der Waals surface area contributed by atoms with Crippen LogP contribution in [0.25, 0.3) is 0 Å². The number of carbonyl (C=O) groups is 2. The molecule has 0 saturated carbocycles. The van der Waals surface area contributed by atoms with Gasteiger partial charge in [-0.2, -0.15) is 13.2 Å². The number of aryl methyl sites for hydroxylation is 1. The Labute approximate surface area is 88.1 Å². The maximum atomic E-state index is 11.9. The van der Waals surface area contributed by atoms with Crippen molar-refractivity contribution in [3.05, 3.63) is 23.0 Å². The second-order valence-corrected chi connectivity index (χ2v) is 3.24. The molecule has 0 aliphatic heterocycles. The number of Topliss-reactive ketones (excluding diaryl/α,β-unsaturated/α-hetero) is 1. The van der Waals surface area contributed by atoms with Crippen LogP contribution < -0.4 is 0 Å². The van der Waals surface area contributed by atoms with E-state index in [9.17, 15) is 22.8 Å². The fourth-order valence-electron chi connectivity index (χ4n) is 1.24. The normalized spacial score (nSPS) is 11.5. The van der Waals surface area contributed by atoms with Gasteiger partial charge in [-0.3, -0.25) is 4.79 Å². The highest BCUT2D eigenvalue weighted by Crippen LogP contribution is 2.23. The summed E-state index contributed by atoms with van der Waals surface area (Å²) in [5.41, 5.74) is -0.426. The lowest BCUT2D eigenvalue weighted by molar-refractivity contribution is -0.125. The molecule has 0 aliphatic rings. The van der Waals surface area contributed by atoms with Crippen molar-refractivity contribution >= 4 is 11.8 Å². The zero-order chi connectivity index (χ0) is 12.5. The van der Waals surface area contributed by atoms with E-state index in [2.05, 4.69) is 4.98 Å².